The summed E-state index contributed by atoms with van der Waals surface area (Å²) in [6, 6.07) is 13.0. The van der Waals surface area contributed by atoms with Gasteiger partial charge < -0.3 is 28.8 Å². The van der Waals surface area contributed by atoms with Crippen molar-refractivity contribution in [3.05, 3.63) is 53.6 Å². The highest BCUT2D eigenvalue weighted by Crippen LogP contribution is 2.43. The molecule has 1 saturated heterocycles. The van der Waals surface area contributed by atoms with Crippen molar-refractivity contribution in [3.8, 4) is 17.2 Å². The highest BCUT2D eigenvalue weighted by Gasteiger charge is 2.43. The summed E-state index contributed by atoms with van der Waals surface area (Å²) in [4.78, 5) is 12.3. The molecule has 0 saturated carbocycles. The molecule has 0 aliphatic carbocycles. The van der Waals surface area contributed by atoms with Gasteiger partial charge in [0.15, 0.2) is 11.5 Å². The van der Waals surface area contributed by atoms with E-state index in [4.69, 9.17) is 23.7 Å². The lowest BCUT2D eigenvalue weighted by atomic mass is 9.86. The molecule has 7 heteroatoms. The molecule has 0 amide bonds. The van der Waals surface area contributed by atoms with Gasteiger partial charge in [-0.05, 0) is 23.3 Å². The molecule has 1 aliphatic rings. The predicted molar refractivity (Wildman–Crippen MR) is 105 cm³/mol. The summed E-state index contributed by atoms with van der Waals surface area (Å²) in [6.45, 7) is 0.936. The van der Waals surface area contributed by atoms with Crippen molar-refractivity contribution >= 4 is 5.97 Å². The van der Waals surface area contributed by atoms with Gasteiger partial charge in [0.05, 0.1) is 53.2 Å². The van der Waals surface area contributed by atoms with Crippen LogP contribution in [0.15, 0.2) is 42.5 Å². The molecule has 1 heterocycles. The van der Waals surface area contributed by atoms with Crippen LogP contribution in [-0.2, 0) is 20.9 Å². The zero-order chi connectivity index (χ0) is 20.8. The van der Waals surface area contributed by atoms with E-state index >= 15 is 0 Å². The lowest BCUT2D eigenvalue weighted by Gasteiger charge is -2.23. The molecule has 0 radical (unpaired) electrons. The Morgan fingerprint density at radius 1 is 1.07 bits per heavy atom. The molecule has 29 heavy (non-hydrogen) atoms. The molecule has 1 fully saturated rings. The number of rotatable bonds is 9. The largest absolute Gasteiger partial charge is 0.493 e. The van der Waals surface area contributed by atoms with Crippen LogP contribution < -0.4 is 14.2 Å². The quantitative estimate of drug-likeness (QED) is 0.646. The number of aliphatic hydroxyl groups is 1. The molecule has 2 aromatic carbocycles. The standard InChI is InChI=1S/C22H26O7/c1-25-17-9-15(10-18(26-2)21(17)27-3)20(23)19-16(13-29-22(19)24)12-28-11-14-7-5-4-6-8-14/h4-10,16,19-20,23H,11-13H2,1-3H3/t16-,19-,20?/m1/s1. The highest BCUT2D eigenvalue weighted by molar-refractivity contribution is 5.76. The molecular weight excluding hydrogens is 376 g/mol. The minimum Gasteiger partial charge on any atom is -0.493 e. The third kappa shape index (κ3) is 4.63. The number of hydrogen-bond acceptors (Lipinski definition) is 7. The summed E-state index contributed by atoms with van der Waals surface area (Å²) in [7, 11) is 4.50. The second-order valence-electron chi connectivity index (χ2n) is 6.82. The van der Waals surface area contributed by atoms with Crippen molar-refractivity contribution in [1.29, 1.82) is 0 Å². The maximum atomic E-state index is 12.3. The van der Waals surface area contributed by atoms with Gasteiger partial charge in [-0.25, -0.2) is 0 Å². The molecule has 1 aliphatic heterocycles. The maximum Gasteiger partial charge on any atom is 0.312 e. The van der Waals surface area contributed by atoms with E-state index in [1.54, 1.807) is 12.1 Å². The van der Waals surface area contributed by atoms with Crippen LogP contribution in [0.1, 0.15) is 17.2 Å². The number of hydrogen-bond donors (Lipinski definition) is 1. The zero-order valence-electron chi connectivity index (χ0n) is 16.8. The number of benzene rings is 2. The number of cyclic esters (lactones) is 1. The van der Waals surface area contributed by atoms with Crippen molar-refractivity contribution in [1.82, 2.24) is 0 Å². The van der Waals surface area contributed by atoms with Crippen LogP contribution in [0, 0.1) is 11.8 Å². The van der Waals surface area contributed by atoms with Gasteiger partial charge in [0.25, 0.3) is 0 Å². The molecule has 7 nitrogen and oxygen atoms in total. The first-order valence-corrected chi connectivity index (χ1v) is 9.35. The van der Waals surface area contributed by atoms with E-state index in [1.165, 1.54) is 21.3 Å². The van der Waals surface area contributed by atoms with Crippen molar-refractivity contribution in [2.45, 2.75) is 12.7 Å². The number of ether oxygens (including phenoxy) is 5. The SMILES string of the molecule is COc1cc(C(O)[C@@H]2C(=O)OC[C@H]2COCc2ccccc2)cc(OC)c1OC. The Bertz CT molecular complexity index is 796. The fourth-order valence-electron chi connectivity index (χ4n) is 3.50. The predicted octanol–water partition coefficient (Wildman–Crippen LogP) is 2.75. The first-order valence-electron chi connectivity index (χ1n) is 9.35. The average molecular weight is 402 g/mol. The van der Waals surface area contributed by atoms with E-state index in [9.17, 15) is 9.90 Å². The van der Waals surface area contributed by atoms with Crippen LogP contribution in [0.3, 0.4) is 0 Å². The Morgan fingerprint density at radius 2 is 1.72 bits per heavy atom. The van der Waals surface area contributed by atoms with Gasteiger partial charge in [-0.3, -0.25) is 4.79 Å². The number of methoxy groups -OCH3 is 3. The van der Waals surface area contributed by atoms with Gasteiger partial charge in [-0.15, -0.1) is 0 Å². The van der Waals surface area contributed by atoms with Gasteiger partial charge in [-0.1, -0.05) is 30.3 Å². The molecule has 3 rings (SSSR count). The number of esters is 1. The summed E-state index contributed by atoms with van der Waals surface area (Å²) in [5, 5.41) is 11.0. The summed E-state index contributed by atoms with van der Waals surface area (Å²) in [6.07, 6.45) is -1.09. The Morgan fingerprint density at radius 3 is 2.31 bits per heavy atom. The van der Waals surface area contributed by atoms with Gasteiger partial charge >= 0.3 is 5.97 Å². The first kappa shape index (κ1) is 21.0. The number of carbonyl (C=O) groups is 1. The lowest BCUT2D eigenvalue weighted by molar-refractivity contribution is -0.144. The van der Waals surface area contributed by atoms with E-state index < -0.39 is 18.0 Å². The highest BCUT2D eigenvalue weighted by atomic mass is 16.5. The zero-order valence-corrected chi connectivity index (χ0v) is 16.8. The lowest BCUT2D eigenvalue weighted by Crippen LogP contribution is -2.27. The van der Waals surface area contributed by atoms with E-state index in [-0.39, 0.29) is 12.5 Å². The maximum absolute atomic E-state index is 12.3. The molecule has 1 N–H and O–H groups in total. The molecule has 1 unspecified atom stereocenters. The van der Waals surface area contributed by atoms with Crippen LogP contribution in [0.2, 0.25) is 0 Å². The molecule has 3 atom stereocenters. The fourth-order valence-corrected chi connectivity index (χ4v) is 3.50. The van der Waals surface area contributed by atoms with Crippen molar-refractivity contribution < 1.29 is 33.6 Å². The number of aliphatic hydroxyl groups excluding tert-OH is 1. The second-order valence-corrected chi connectivity index (χ2v) is 6.82. The smallest absolute Gasteiger partial charge is 0.312 e. The molecule has 156 valence electrons. The molecular formula is C22H26O7. The summed E-state index contributed by atoms with van der Waals surface area (Å²) in [5.74, 6) is -0.218. The average Bonchev–Trinajstić information content (AvgIpc) is 3.12. The summed E-state index contributed by atoms with van der Waals surface area (Å²) < 4.78 is 27.0. The van der Waals surface area contributed by atoms with E-state index in [1.807, 2.05) is 30.3 Å². The second kappa shape index (κ2) is 9.62. The first-order chi connectivity index (χ1) is 14.1. The minimum atomic E-state index is -1.09. The normalized spacial score (nSPS) is 19.5. The topological polar surface area (TPSA) is 83.5 Å². The van der Waals surface area contributed by atoms with E-state index in [2.05, 4.69) is 0 Å². The van der Waals surface area contributed by atoms with Crippen LogP contribution in [0.5, 0.6) is 17.2 Å². The fraction of sp³-hybridized carbons (Fsp3) is 0.409. The van der Waals surface area contributed by atoms with Crippen LogP contribution in [0.25, 0.3) is 0 Å². The van der Waals surface area contributed by atoms with E-state index in [0.29, 0.717) is 36.0 Å². The third-order valence-corrected chi connectivity index (χ3v) is 5.03. The summed E-state index contributed by atoms with van der Waals surface area (Å²) in [5.41, 5.74) is 1.52. The molecule has 2 aromatic rings. The van der Waals surface area contributed by atoms with Crippen molar-refractivity contribution in [2.75, 3.05) is 34.5 Å². The van der Waals surface area contributed by atoms with Crippen molar-refractivity contribution in [3.63, 3.8) is 0 Å². The summed E-state index contributed by atoms with van der Waals surface area (Å²) >= 11 is 0. The van der Waals surface area contributed by atoms with Gasteiger partial charge in [0.2, 0.25) is 5.75 Å². The molecule has 0 spiro atoms. The third-order valence-electron chi connectivity index (χ3n) is 5.03. The van der Waals surface area contributed by atoms with E-state index in [0.717, 1.165) is 5.56 Å². The Labute approximate surface area is 170 Å². The Kier molecular flexibility index (Phi) is 6.95. The van der Waals surface area contributed by atoms with Crippen LogP contribution >= 0.6 is 0 Å². The van der Waals surface area contributed by atoms with Crippen molar-refractivity contribution in [2.24, 2.45) is 11.8 Å². The Hall–Kier alpha value is -2.77. The van der Waals surface area contributed by atoms with Crippen LogP contribution in [0.4, 0.5) is 0 Å². The number of carbonyl (C=O) groups excluding carboxylic acids is 1. The minimum absolute atomic E-state index is 0.208. The molecule has 0 aromatic heterocycles. The van der Waals surface area contributed by atoms with Gasteiger partial charge in [0.1, 0.15) is 0 Å². The van der Waals surface area contributed by atoms with Crippen LogP contribution in [-0.4, -0.2) is 45.6 Å². The monoisotopic (exact) mass is 402 g/mol. The molecule has 0 bridgehead atoms. The van der Waals surface area contributed by atoms with Gasteiger partial charge in [-0.2, -0.15) is 0 Å². The Balaban J connectivity index is 1.75. The van der Waals surface area contributed by atoms with Gasteiger partial charge in [0, 0.05) is 5.92 Å².